The van der Waals surface area contributed by atoms with Gasteiger partial charge in [0.1, 0.15) is 21.5 Å². The number of hydrogen-bond donors (Lipinski definition) is 0. The van der Waals surface area contributed by atoms with E-state index in [-0.39, 0.29) is 10.1 Å². The number of nitrogens with zero attached hydrogens (tertiary/aromatic N) is 4. The minimum atomic E-state index is -3.79. The molecule has 4 heterocycles. The van der Waals surface area contributed by atoms with Gasteiger partial charge >= 0.3 is 0 Å². The molecule has 0 bridgehead atoms. The van der Waals surface area contributed by atoms with E-state index >= 15 is 0 Å². The molecule has 0 radical (unpaired) electrons. The number of ether oxygens (including phenoxy) is 2. The zero-order valence-electron chi connectivity index (χ0n) is 20.5. The first-order valence-electron chi connectivity index (χ1n) is 12.2. The first kappa shape index (κ1) is 26.8. The number of amides is 1. The number of sulfonamides is 1. The van der Waals surface area contributed by atoms with Crippen molar-refractivity contribution in [1.29, 1.82) is 0 Å². The molecule has 200 valence electrons. The lowest BCUT2D eigenvalue weighted by atomic mass is 10.0. The highest BCUT2D eigenvalue weighted by atomic mass is 35.5. The van der Waals surface area contributed by atoms with Gasteiger partial charge in [0.25, 0.3) is 10.0 Å². The second-order valence-electron chi connectivity index (χ2n) is 8.93. The van der Waals surface area contributed by atoms with E-state index in [0.29, 0.717) is 60.7 Å². The number of carbonyl (C=O) groups is 1. The highest BCUT2D eigenvalue weighted by Crippen LogP contribution is 2.39. The highest BCUT2D eigenvalue weighted by molar-refractivity contribution is 7.91. The Labute approximate surface area is 229 Å². The fourth-order valence-electron chi connectivity index (χ4n) is 4.73. The number of methoxy groups -OCH3 is 1. The lowest BCUT2D eigenvalue weighted by Gasteiger charge is -2.36. The summed E-state index contributed by atoms with van der Waals surface area (Å²) in [5.74, 6) is 0.310. The van der Waals surface area contributed by atoms with Crippen LogP contribution in [0.2, 0.25) is 5.02 Å². The number of fused-ring (bicyclic) bond motifs is 1. The first-order valence-corrected chi connectivity index (χ1v) is 15.7. The average Bonchev–Trinajstić information content (AvgIpc) is 3.62. The third-order valence-corrected chi connectivity index (χ3v) is 11.5. The monoisotopic (exact) mass is 584 g/mol. The Morgan fingerprint density at radius 1 is 1.24 bits per heavy atom. The molecule has 0 spiro atoms. The van der Waals surface area contributed by atoms with Crippen molar-refractivity contribution in [3.63, 3.8) is 0 Å². The standard InChI is InChI=1S/C24H29ClN4O5S3/c1-33-19-8-7-17(25)22-21(19)26-24(36-22)28(11-10-27-12-14-34-15-13-27)23(30)18-5-2-3-9-29(18)37(31,32)20-6-4-16-35-20/h4,6-8,16,18H,2-3,5,9-15H2,1H3. The van der Waals surface area contributed by atoms with Crippen LogP contribution in [-0.4, -0.2) is 87.6 Å². The van der Waals surface area contributed by atoms with Crippen molar-refractivity contribution >= 4 is 65.6 Å². The van der Waals surface area contributed by atoms with Gasteiger partial charge in [-0.15, -0.1) is 11.3 Å². The summed E-state index contributed by atoms with van der Waals surface area (Å²) in [5.41, 5.74) is 0.589. The second kappa shape index (κ2) is 11.5. The third-order valence-electron chi connectivity index (χ3n) is 6.70. The van der Waals surface area contributed by atoms with E-state index in [0.717, 1.165) is 30.6 Å². The van der Waals surface area contributed by atoms with Crippen LogP contribution in [0.1, 0.15) is 19.3 Å². The summed E-state index contributed by atoms with van der Waals surface area (Å²) < 4.78 is 40.3. The predicted octanol–water partition coefficient (Wildman–Crippen LogP) is 3.93. The van der Waals surface area contributed by atoms with Crippen LogP contribution in [0.3, 0.4) is 0 Å². The molecule has 2 fully saturated rings. The van der Waals surface area contributed by atoms with Crippen LogP contribution in [0.5, 0.6) is 5.75 Å². The lowest BCUT2D eigenvalue weighted by Crippen LogP contribution is -2.54. The summed E-state index contributed by atoms with van der Waals surface area (Å²) in [4.78, 5) is 22.8. The molecule has 1 amide bonds. The van der Waals surface area contributed by atoms with Crippen molar-refractivity contribution in [3.8, 4) is 5.75 Å². The Hall–Kier alpha value is -1.80. The molecule has 37 heavy (non-hydrogen) atoms. The van der Waals surface area contributed by atoms with Gasteiger partial charge in [-0.2, -0.15) is 4.31 Å². The Morgan fingerprint density at radius 2 is 2.05 bits per heavy atom. The van der Waals surface area contributed by atoms with Crippen LogP contribution in [0.25, 0.3) is 10.2 Å². The number of hydrogen-bond acceptors (Lipinski definition) is 9. The van der Waals surface area contributed by atoms with E-state index in [1.54, 1.807) is 41.7 Å². The first-order chi connectivity index (χ1) is 17.9. The second-order valence-corrected chi connectivity index (χ2v) is 13.4. The molecule has 1 atom stereocenters. The fraction of sp³-hybridized carbons (Fsp3) is 0.500. The van der Waals surface area contributed by atoms with Crippen LogP contribution in [0.4, 0.5) is 5.13 Å². The maximum Gasteiger partial charge on any atom is 0.253 e. The van der Waals surface area contributed by atoms with E-state index in [1.807, 2.05) is 0 Å². The number of morpholine rings is 1. The summed E-state index contributed by atoms with van der Waals surface area (Å²) in [6, 6.07) is 6.01. The van der Waals surface area contributed by atoms with Gasteiger partial charge in [0.15, 0.2) is 5.13 Å². The number of piperidine rings is 1. The van der Waals surface area contributed by atoms with Gasteiger partial charge in [0.2, 0.25) is 5.91 Å². The van der Waals surface area contributed by atoms with Gasteiger partial charge in [-0.05, 0) is 36.4 Å². The van der Waals surface area contributed by atoms with Gasteiger partial charge in [0.05, 0.1) is 30.0 Å². The Bertz CT molecular complexity index is 1340. The molecule has 2 saturated heterocycles. The summed E-state index contributed by atoms with van der Waals surface area (Å²) in [7, 11) is -2.22. The zero-order chi connectivity index (χ0) is 26.0. The van der Waals surface area contributed by atoms with Crippen LogP contribution in [0.15, 0.2) is 33.9 Å². The molecular formula is C24H29ClN4O5S3. The van der Waals surface area contributed by atoms with E-state index in [4.69, 9.17) is 26.1 Å². The van der Waals surface area contributed by atoms with Crippen molar-refractivity contribution in [2.75, 3.05) is 57.9 Å². The zero-order valence-corrected chi connectivity index (χ0v) is 23.7. The molecule has 0 aliphatic carbocycles. The Balaban J connectivity index is 1.50. The summed E-state index contributed by atoms with van der Waals surface area (Å²) in [5, 5.41) is 2.75. The van der Waals surface area contributed by atoms with Crippen molar-refractivity contribution in [3.05, 3.63) is 34.7 Å². The number of thiophene rings is 1. The fourth-order valence-corrected chi connectivity index (χ4v) is 8.79. The molecule has 5 rings (SSSR count). The number of halogens is 1. The minimum Gasteiger partial charge on any atom is -0.494 e. The predicted molar refractivity (Wildman–Crippen MR) is 147 cm³/mol. The topological polar surface area (TPSA) is 92.3 Å². The number of thiazole rings is 1. The molecule has 9 nitrogen and oxygen atoms in total. The highest BCUT2D eigenvalue weighted by Gasteiger charge is 2.41. The van der Waals surface area contributed by atoms with E-state index in [9.17, 15) is 13.2 Å². The van der Waals surface area contributed by atoms with Crippen LogP contribution < -0.4 is 9.64 Å². The smallest absolute Gasteiger partial charge is 0.253 e. The van der Waals surface area contributed by atoms with Crippen LogP contribution >= 0.6 is 34.3 Å². The van der Waals surface area contributed by atoms with Crippen LogP contribution in [0, 0.1) is 0 Å². The largest absolute Gasteiger partial charge is 0.494 e. The number of benzene rings is 1. The molecule has 0 saturated carbocycles. The minimum absolute atomic E-state index is 0.253. The quantitative estimate of drug-likeness (QED) is 0.396. The van der Waals surface area contributed by atoms with Gasteiger partial charge in [0, 0.05) is 32.7 Å². The summed E-state index contributed by atoms with van der Waals surface area (Å²) in [6.45, 7) is 4.18. The van der Waals surface area contributed by atoms with E-state index < -0.39 is 16.1 Å². The average molecular weight is 585 g/mol. The van der Waals surface area contributed by atoms with Crippen molar-refractivity contribution in [2.24, 2.45) is 0 Å². The summed E-state index contributed by atoms with van der Waals surface area (Å²) in [6.07, 6.45) is 1.96. The third kappa shape index (κ3) is 5.51. The number of aromatic nitrogens is 1. The van der Waals surface area contributed by atoms with E-state index in [2.05, 4.69) is 4.90 Å². The number of carbonyl (C=O) groups excluding carboxylic acids is 1. The molecular weight excluding hydrogens is 556 g/mol. The lowest BCUT2D eigenvalue weighted by molar-refractivity contribution is -0.123. The molecule has 13 heteroatoms. The Morgan fingerprint density at radius 3 is 2.78 bits per heavy atom. The maximum absolute atomic E-state index is 14.2. The van der Waals surface area contributed by atoms with Crippen molar-refractivity contribution < 1.29 is 22.7 Å². The number of anilines is 1. The van der Waals surface area contributed by atoms with Crippen molar-refractivity contribution in [1.82, 2.24) is 14.2 Å². The molecule has 2 aromatic heterocycles. The Kier molecular flexibility index (Phi) is 8.34. The normalized spacial score (nSPS) is 19.8. The molecule has 2 aliphatic rings. The van der Waals surface area contributed by atoms with Gasteiger partial charge in [-0.1, -0.05) is 35.4 Å². The molecule has 2 aliphatic heterocycles. The SMILES string of the molecule is COc1ccc(Cl)c2sc(N(CCN3CCOCC3)C(=O)C3CCCCN3S(=O)(=O)c3cccs3)nc12. The van der Waals surface area contributed by atoms with Crippen molar-refractivity contribution in [2.45, 2.75) is 29.5 Å². The molecule has 3 aromatic rings. The van der Waals surface area contributed by atoms with Gasteiger partial charge in [-0.25, -0.2) is 13.4 Å². The molecule has 1 unspecified atom stereocenters. The molecule has 1 aromatic carbocycles. The van der Waals surface area contributed by atoms with Gasteiger partial charge < -0.3 is 9.47 Å². The number of rotatable bonds is 8. The van der Waals surface area contributed by atoms with Crippen LogP contribution in [-0.2, 0) is 19.6 Å². The molecule has 0 N–H and O–H groups in total. The summed E-state index contributed by atoms with van der Waals surface area (Å²) >= 11 is 8.96. The van der Waals surface area contributed by atoms with E-state index in [1.165, 1.54) is 27.0 Å². The maximum atomic E-state index is 14.2. The van der Waals surface area contributed by atoms with Gasteiger partial charge in [-0.3, -0.25) is 14.6 Å².